The predicted molar refractivity (Wildman–Crippen MR) is 67.4 cm³/mol. The fraction of sp³-hybridized carbons (Fsp3) is 0.500. The van der Waals surface area contributed by atoms with Crippen molar-refractivity contribution in [1.82, 2.24) is 0 Å². The van der Waals surface area contributed by atoms with Crippen molar-refractivity contribution in [3.05, 3.63) is 28.8 Å². The number of nitrogens with zero attached hydrogens (tertiary/aromatic N) is 1. The minimum absolute atomic E-state index is 0.0236. The smallest absolute Gasteiger partial charge is 0.359 e. The van der Waals surface area contributed by atoms with Crippen LogP contribution in [-0.2, 0) is 5.88 Å². The molecule has 0 aromatic heterocycles. The highest BCUT2D eigenvalue weighted by Crippen LogP contribution is 2.36. The van der Waals surface area contributed by atoms with E-state index >= 15 is 0 Å². The summed E-state index contributed by atoms with van der Waals surface area (Å²) in [5, 5.41) is 0.412. The number of alkyl halides is 4. The number of hydrogen-bond acceptors (Lipinski definition) is 1. The van der Waals surface area contributed by atoms with Crippen molar-refractivity contribution in [3.8, 4) is 0 Å². The van der Waals surface area contributed by atoms with Gasteiger partial charge in [0.25, 0.3) is 0 Å². The molecule has 0 heterocycles. The van der Waals surface area contributed by atoms with Crippen LogP contribution in [0, 0.1) is 0 Å². The van der Waals surface area contributed by atoms with Gasteiger partial charge in [0.2, 0.25) is 0 Å². The molecule has 1 aliphatic rings. The maximum Gasteiger partial charge on any atom is 0.405 e. The third kappa shape index (κ3) is 3.45. The van der Waals surface area contributed by atoms with Gasteiger partial charge in [0.1, 0.15) is 6.54 Å². The van der Waals surface area contributed by atoms with E-state index in [1.54, 1.807) is 18.2 Å². The molecular formula is C12H12Cl2F3N. The number of hydrogen-bond donors (Lipinski definition) is 0. The Labute approximate surface area is 113 Å². The Hall–Kier alpha value is -0.610. The Bertz CT molecular complexity index is 430. The Morgan fingerprint density at radius 2 is 1.94 bits per heavy atom. The quantitative estimate of drug-likeness (QED) is 0.734. The second kappa shape index (κ2) is 5.17. The highest BCUT2D eigenvalue weighted by atomic mass is 35.5. The standard InChI is InChI=1S/C12H12Cl2F3N/c13-6-8-1-2-10(5-11(8)14)18(9-3-4-9)7-12(15,16)17/h1-2,5,9H,3-4,6-7H2. The van der Waals surface area contributed by atoms with E-state index in [0.717, 1.165) is 18.4 Å². The van der Waals surface area contributed by atoms with Crippen LogP contribution in [0.4, 0.5) is 18.9 Å². The monoisotopic (exact) mass is 297 g/mol. The average Bonchev–Trinajstić information content (AvgIpc) is 3.08. The van der Waals surface area contributed by atoms with Crippen LogP contribution in [0.3, 0.4) is 0 Å². The molecule has 1 aliphatic carbocycles. The van der Waals surface area contributed by atoms with Crippen molar-refractivity contribution in [1.29, 1.82) is 0 Å². The highest BCUT2D eigenvalue weighted by molar-refractivity contribution is 6.32. The van der Waals surface area contributed by atoms with Crippen molar-refractivity contribution < 1.29 is 13.2 Å². The van der Waals surface area contributed by atoms with Gasteiger partial charge in [0, 0.05) is 22.6 Å². The SMILES string of the molecule is FC(F)(F)CN(c1ccc(CCl)c(Cl)c1)C1CC1. The molecule has 1 fully saturated rings. The van der Waals surface area contributed by atoms with E-state index in [9.17, 15) is 13.2 Å². The first-order valence-corrected chi connectivity index (χ1v) is 6.50. The highest BCUT2D eigenvalue weighted by Gasteiger charge is 2.38. The summed E-state index contributed by atoms with van der Waals surface area (Å²) in [5.41, 5.74) is 1.23. The second-order valence-corrected chi connectivity index (χ2v) is 5.06. The van der Waals surface area contributed by atoms with E-state index in [2.05, 4.69) is 0 Å². The maximum absolute atomic E-state index is 12.5. The van der Waals surface area contributed by atoms with E-state index < -0.39 is 12.7 Å². The van der Waals surface area contributed by atoms with E-state index in [0.29, 0.717) is 10.7 Å². The zero-order valence-corrected chi connectivity index (χ0v) is 11.0. The van der Waals surface area contributed by atoms with Crippen molar-refractivity contribution in [3.63, 3.8) is 0 Å². The normalized spacial score (nSPS) is 15.8. The Kier molecular flexibility index (Phi) is 3.97. The van der Waals surface area contributed by atoms with E-state index in [-0.39, 0.29) is 11.9 Å². The number of benzene rings is 1. The van der Waals surface area contributed by atoms with Gasteiger partial charge in [0.15, 0.2) is 0 Å². The molecule has 0 bridgehead atoms. The molecule has 0 amide bonds. The summed E-state index contributed by atoms with van der Waals surface area (Å²) in [6, 6.07) is 4.86. The van der Waals surface area contributed by atoms with Crippen LogP contribution < -0.4 is 4.90 Å². The zero-order valence-electron chi connectivity index (χ0n) is 9.47. The van der Waals surface area contributed by atoms with Gasteiger partial charge in [-0.3, -0.25) is 0 Å². The van der Waals surface area contributed by atoms with Crippen LogP contribution >= 0.6 is 23.2 Å². The topological polar surface area (TPSA) is 3.24 Å². The lowest BCUT2D eigenvalue weighted by molar-refractivity contribution is -0.120. The summed E-state index contributed by atoms with van der Waals surface area (Å²) < 4.78 is 37.6. The number of halogens is 5. The molecule has 1 aromatic carbocycles. The molecule has 6 heteroatoms. The van der Waals surface area contributed by atoms with Gasteiger partial charge in [-0.15, -0.1) is 11.6 Å². The van der Waals surface area contributed by atoms with Crippen LogP contribution in [0.1, 0.15) is 18.4 Å². The Morgan fingerprint density at radius 3 is 2.39 bits per heavy atom. The summed E-state index contributed by atoms with van der Waals surface area (Å²) in [6.07, 6.45) is -2.61. The largest absolute Gasteiger partial charge is 0.405 e. The van der Waals surface area contributed by atoms with E-state index in [1.807, 2.05) is 0 Å². The lowest BCUT2D eigenvalue weighted by Crippen LogP contribution is -2.35. The molecule has 2 rings (SSSR count). The summed E-state index contributed by atoms with van der Waals surface area (Å²) in [4.78, 5) is 1.36. The molecule has 0 N–H and O–H groups in total. The molecule has 1 saturated carbocycles. The van der Waals surface area contributed by atoms with Gasteiger partial charge in [-0.1, -0.05) is 17.7 Å². The first-order valence-electron chi connectivity index (χ1n) is 5.58. The fourth-order valence-corrected chi connectivity index (χ4v) is 2.38. The molecule has 0 unspecified atom stereocenters. The molecular weight excluding hydrogens is 286 g/mol. The lowest BCUT2D eigenvalue weighted by Gasteiger charge is -2.26. The summed E-state index contributed by atoms with van der Waals surface area (Å²) >= 11 is 11.6. The van der Waals surface area contributed by atoms with Gasteiger partial charge in [-0.2, -0.15) is 13.2 Å². The zero-order chi connectivity index (χ0) is 13.3. The minimum atomic E-state index is -4.21. The third-order valence-electron chi connectivity index (χ3n) is 2.85. The Balaban J connectivity index is 2.23. The van der Waals surface area contributed by atoms with Crippen molar-refractivity contribution >= 4 is 28.9 Å². The van der Waals surface area contributed by atoms with E-state index in [4.69, 9.17) is 23.2 Å². The van der Waals surface area contributed by atoms with Crippen molar-refractivity contribution in [2.75, 3.05) is 11.4 Å². The number of rotatable bonds is 4. The predicted octanol–water partition coefficient (Wildman–Crippen LogP) is 4.61. The van der Waals surface area contributed by atoms with Crippen LogP contribution in [0.5, 0.6) is 0 Å². The molecule has 0 spiro atoms. The average molecular weight is 298 g/mol. The van der Waals surface area contributed by atoms with Gasteiger partial charge >= 0.3 is 6.18 Å². The van der Waals surface area contributed by atoms with E-state index in [1.165, 1.54) is 4.90 Å². The lowest BCUT2D eigenvalue weighted by atomic mass is 10.2. The van der Waals surface area contributed by atoms with Crippen LogP contribution in [0.2, 0.25) is 5.02 Å². The number of anilines is 1. The maximum atomic E-state index is 12.5. The molecule has 0 saturated heterocycles. The van der Waals surface area contributed by atoms with Crippen molar-refractivity contribution in [2.45, 2.75) is 30.9 Å². The summed E-state index contributed by atoms with van der Waals surface area (Å²) in [5.74, 6) is 0.252. The van der Waals surface area contributed by atoms with Gasteiger partial charge < -0.3 is 4.90 Å². The first-order chi connectivity index (χ1) is 8.40. The van der Waals surface area contributed by atoms with Gasteiger partial charge in [-0.25, -0.2) is 0 Å². The molecule has 1 nitrogen and oxygen atoms in total. The fourth-order valence-electron chi connectivity index (χ4n) is 1.83. The molecule has 0 radical (unpaired) electrons. The summed E-state index contributed by atoms with van der Waals surface area (Å²) in [7, 11) is 0. The van der Waals surface area contributed by atoms with Crippen LogP contribution in [0.25, 0.3) is 0 Å². The molecule has 1 aromatic rings. The Morgan fingerprint density at radius 1 is 1.28 bits per heavy atom. The third-order valence-corrected chi connectivity index (χ3v) is 3.49. The van der Waals surface area contributed by atoms with Gasteiger partial charge in [0.05, 0.1) is 0 Å². The van der Waals surface area contributed by atoms with Crippen LogP contribution in [-0.4, -0.2) is 18.8 Å². The van der Waals surface area contributed by atoms with Crippen molar-refractivity contribution in [2.24, 2.45) is 0 Å². The molecule has 0 aliphatic heterocycles. The molecule has 100 valence electrons. The minimum Gasteiger partial charge on any atom is -0.359 e. The molecule has 0 atom stereocenters. The first kappa shape index (κ1) is 13.8. The van der Waals surface area contributed by atoms with Gasteiger partial charge in [-0.05, 0) is 30.5 Å². The molecule has 18 heavy (non-hydrogen) atoms. The van der Waals surface area contributed by atoms with Crippen LogP contribution in [0.15, 0.2) is 18.2 Å². The second-order valence-electron chi connectivity index (χ2n) is 4.38. The summed E-state index contributed by atoms with van der Waals surface area (Å²) in [6.45, 7) is -0.936.